The molecule has 6 rings (SSSR count). The second-order valence-corrected chi connectivity index (χ2v) is 9.93. The van der Waals surface area contributed by atoms with Gasteiger partial charge in [0.1, 0.15) is 0 Å². The van der Waals surface area contributed by atoms with Gasteiger partial charge in [-0.1, -0.05) is 36.8 Å². The molecule has 33 heavy (non-hydrogen) atoms. The molecule has 6 nitrogen and oxygen atoms in total. The van der Waals surface area contributed by atoms with E-state index in [9.17, 15) is 9.59 Å². The Hall–Kier alpha value is -3.15. The van der Waals surface area contributed by atoms with E-state index in [-0.39, 0.29) is 17.7 Å². The molecular formula is C27H30N4O2. The molecule has 0 radical (unpaired) electrons. The lowest BCUT2D eigenvalue weighted by molar-refractivity contribution is -0.138. The normalized spacial score (nSPS) is 27.2. The highest BCUT2D eigenvalue weighted by Crippen LogP contribution is 2.47. The van der Waals surface area contributed by atoms with Crippen LogP contribution < -0.4 is 0 Å². The maximum absolute atomic E-state index is 13.7. The number of fused-ring (bicyclic) bond motifs is 2. The highest BCUT2D eigenvalue weighted by Gasteiger charge is 2.48. The van der Waals surface area contributed by atoms with Crippen LogP contribution in [0.2, 0.25) is 0 Å². The van der Waals surface area contributed by atoms with Gasteiger partial charge < -0.3 is 9.80 Å². The van der Waals surface area contributed by atoms with E-state index >= 15 is 0 Å². The molecule has 1 aliphatic carbocycles. The van der Waals surface area contributed by atoms with E-state index in [1.165, 1.54) is 18.4 Å². The number of amides is 2. The summed E-state index contributed by atoms with van der Waals surface area (Å²) >= 11 is 0. The van der Waals surface area contributed by atoms with Gasteiger partial charge >= 0.3 is 0 Å². The fraction of sp³-hybridized carbons (Fsp3) is 0.444. The summed E-state index contributed by atoms with van der Waals surface area (Å²) in [7, 11) is 0. The zero-order valence-corrected chi connectivity index (χ0v) is 18.8. The van der Waals surface area contributed by atoms with Crippen LogP contribution in [-0.2, 0) is 4.79 Å². The maximum atomic E-state index is 13.7. The molecule has 4 atom stereocenters. The van der Waals surface area contributed by atoms with Gasteiger partial charge in [0.15, 0.2) is 0 Å². The molecule has 0 spiro atoms. The van der Waals surface area contributed by atoms with Crippen LogP contribution in [0.15, 0.2) is 54.7 Å². The van der Waals surface area contributed by atoms with Crippen molar-refractivity contribution in [2.45, 2.75) is 44.1 Å². The minimum Gasteiger partial charge on any atom is -0.338 e. The van der Waals surface area contributed by atoms with Crippen molar-refractivity contribution in [3.63, 3.8) is 0 Å². The van der Waals surface area contributed by atoms with E-state index in [1.807, 2.05) is 23.1 Å². The van der Waals surface area contributed by atoms with Crippen LogP contribution in [0.5, 0.6) is 0 Å². The van der Waals surface area contributed by atoms with Crippen LogP contribution in [0.1, 0.15) is 53.9 Å². The number of hydrogen-bond acceptors (Lipinski definition) is 3. The molecule has 3 aliphatic rings. The van der Waals surface area contributed by atoms with Gasteiger partial charge in [-0.15, -0.1) is 0 Å². The highest BCUT2D eigenvalue weighted by atomic mass is 16.2. The Labute approximate surface area is 194 Å². The number of likely N-dealkylation sites (tertiary alicyclic amines) is 2. The number of piperidine rings is 1. The first-order valence-corrected chi connectivity index (χ1v) is 12.3. The number of nitrogens with one attached hydrogen (secondary N) is 1. The monoisotopic (exact) mass is 442 g/mol. The summed E-state index contributed by atoms with van der Waals surface area (Å²) in [5, 5.41) is 7.91. The summed E-state index contributed by atoms with van der Waals surface area (Å²) in [5.74, 6) is 1.17. The molecule has 0 bridgehead atoms. The third-order valence-corrected chi connectivity index (χ3v) is 8.10. The fourth-order valence-corrected chi connectivity index (χ4v) is 6.47. The average Bonchev–Trinajstić information content (AvgIpc) is 3.60. The molecule has 2 aromatic carbocycles. The molecule has 1 saturated carbocycles. The first-order chi connectivity index (χ1) is 16.2. The number of aromatic amines is 1. The van der Waals surface area contributed by atoms with Gasteiger partial charge in [0.2, 0.25) is 5.91 Å². The lowest BCUT2D eigenvalue weighted by Crippen LogP contribution is -2.48. The molecule has 170 valence electrons. The minimum absolute atomic E-state index is 0.0120. The molecule has 2 amide bonds. The number of H-pyrrole nitrogens is 1. The molecule has 3 fully saturated rings. The number of nitrogens with zero attached hydrogens (tertiary/aromatic N) is 3. The Morgan fingerprint density at radius 2 is 1.85 bits per heavy atom. The van der Waals surface area contributed by atoms with Crippen LogP contribution in [0.4, 0.5) is 0 Å². The smallest absolute Gasteiger partial charge is 0.253 e. The number of rotatable bonds is 3. The van der Waals surface area contributed by atoms with Crippen molar-refractivity contribution in [1.82, 2.24) is 20.0 Å². The predicted molar refractivity (Wildman–Crippen MR) is 127 cm³/mol. The fourth-order valence-electron chi connectivity index (χ4n) is 6.47. The Morgan fingerprint density at radius 3 is 2.73 bits per heavy atom. The van der Waals surface area contributed by atoms with Gasteiger partial charge in [-0.05, 0) is 55.4 Å². The van der Waals surface area contributed by atoms with E-state index in [0.29, 0.717) is 36.5 Å². The second kappa shape index (κ2) is 8.32. The molecule has 3 aromatic rings. The topological polar surface area (TPSA) is 69.3 Å². The molecule has 1 aromatic heterocycles. The molecule has 4 unspecified atom stereocenters. The van der Waals surface area contributed by atoms with Crippen molar-refractivity contribution in [3.8, 4) is 0 Å². The SMILES string of the molecule is O=C(c1ccc2[nH]ncc2c1)N1CCCC(C(=O)N2CC(c3ccccc3)C3CCCC32)C1. The van der Waals surface area contributed by atoms with Crippen LogP contribution >= 0.6 is 0 Å². The Bertz CT molecular complexity index is 1170. The summed E-state index contributed by atoms with van der Waals surface area (Å²) in [6, 6.07) is 16.7. The number of benzene rings is 2. The summed E-state index contributed by atoms with van der Waals surface area (Å²) in [6.07, 6.45) is 7.00. The van der Waals surface area contributed by atoms with Crippen molar-refractivity contribution in [3.05, 3.63) is 65.9 Å². The number of aromatic nitrogens is 2. The van der Waals surface area contributed by atoms with E-state index in [0.717, 1.165) is 36.7 Å². The van der Waals surface area contributed by atoms with Crippen molar-refractivity contribution in [1.29, 1.82) is 0 Å². The summed E-state index contributed by atoms with van der Waals surface area (Å²) in [4.78, 5) is 31.1. The van der Waals surface area contributed by atoms with E-state index in [4.69, 9.17) is 0 Å². The average molecular weight is 443 g/mol. The number of carbonyl (C=O) groups excluding carboxylic acids is 2. The van der Waals surface area contributed by atoms with Crippen LogP contribution in [0.25, 0.3) is 10.9 Å². The Morgan fingerprint density at radius 1 is 0.970 bits per heavy atom. The maximum Gasteiger partial charge on any atom is 0.253 e. The van der Waals surface area contributed by atoms with Gasteiger partial charge in [0.25, 0.3) is 5.91 Å². The van der Waals surface area contributed by atoms with Crippen molar-refractivity contribution in [2.24, 2.45) is 11.8 Å². The second-order valence-electron chi connectivity index (χ2n) is 9.93. The van der Waals surface area contributed by atoms with Crippen molar-refractivity contribution in [2.75, 3.05) is 19.6 Å². The Balaban J connectivity index is 1.18. The molecule has 3 heterocycles. The molecule has 2 aliphatic heterocycles. The molecule has 1 N–H and O–H groups in total. The highest BCUT2D eigenvalue weighted by molar-refractivity contribution is 5.98. The lowest BCUT2D eigenvalue weighted by atomic mass is 9.86. The van der Waals surface area contributed by atoms with Gasteiger partial charge in [-0.2, -0.15) is 5.10 Å². The molecule has 2 saturated heterocycles. The van der Waals surface area contributed by atoms with Crippen LogP contribution in [0.3, 0.4) is 0 Å². The standard InChI is InChI=1S/C27H30N4O2/c32-26(19-11-12-24-21(14-19)15-28-29-24)30-13-5-8-20(16-30)27(33)31-17-23(18-6-2-1-3-7-18)22-9-4-10-25(22)31/h1-3,6-7,11-12,14-15,20,22-23,25H,4-5,8-10,13,16-17H2,(H,28,29). The Kier molecular flexibility index (Phi) is 5.16. The van der Waals surface area contributed by atoms with Gasteiger partial charge in [-0.25, -0.2) is 0 Å². The largest absolute Gasteiger partial charge is 0.338 e. The van der Waals surface area contributed by atoms with Crippen molar-refractivity contribution < 1.29 is 9.59 Å². The molecule has 6 heteroatoms. The number of carbonyl (C=O) groups is 2. The van der Waals surface area contributed by atoms with E-state index in [2.05, 4.69) is 45.4 Å². The summed E-state index contributed by atoms with van der Waals surface area (Å²) in [5.41, 5.74) is 2.95. The quantitative estimate of drug-likeness (QED) is 0.661. The molecular weight excluding hydrogens is 412 g/mol. The van der Waals surface area contributed by atoms with Gasteiger partial charge in [0, 0.05) is 42.5 Å². The van der Waals surface area contributed by atoms with E-state index < -0.39 is 0 Å². The summed E-state index contributed by atoms with van der Waals surface area (Å²) in [6.45, 7) is 2.05. The summed E-state index contributed by atoms with van der Waals surface area (Å²) < 4.78 is 0. The lowest BCUT2D eigenvalue weighted by Gasteiger charge is -2.35. The van der Waals surface area contributed by atoms with Gasteiger partial charge in [-0.3, -0.25) is 14.7 Å². The first kappa shape index (κ1) is 20.5. The van der Waals surface area contributed by atoms with Crippen LogP contribution in [-0.4, -0.2) is 57.5 Å². The zero-order valence-electron chi connectivity index (χ0n) is 18.8. The van der Waals surface area contributed by atoms with Gasteiger partial charge in [0.05, 0.1) is 17.6 Å². The third kappa shape index (κ3) is 3.62. The third-order valence-electron chi connectivity index (χ3n) is 8.10. The zero-order chi connectivity index (χ0) is 22.4. The first-order valence-electron chi connectivity index (χ1n) is 12.3. The predicted octanol–water partition coefficient (Wildman–Crippen LogP) is 4.21. The van der Waals surface area contributed by atoms with E-state index in [1.54, 1.807) is 6.20 Å². The number of hydrogen-bond donors (Lipinski definition) is 1. The minimum atomic E-state index is -0.101. The van der Waals surface area contributed by atoms with Crippen LogP contribution in [0, 0.1) is 11.8 Å². The van der Waals surface area contributed by atoms with Crippen molar-refractivity contribution >= 4 is 22.7 Å².